The molecule has 1 aromatic carbocycles. The molecule has 1 aliphatic rings. The first-order chi connectivity index (χ1) is 8.58. The van der Waals surface area contributed by atoms with Gasteiger partial charge in [0, 0.05) is 6.42 Å². The number of para-hydroxylation sites is 2. The van der Waals surface area contributed by atoms with E-state index >= 15 is 0 Å². The third-order valence-electron chi connectivity index (χ3n) is 2.85. The molecular weight excluding hydrogens is 232 g/mol. The minimum atomic E-state index is -0.511. The lowest BCUT2D eigenvalue weighted by Crippen LogP contribution is -2.42. The number of amides is 2. The Morgan fingerprint density at radius 1 is 1.50 bits per heavy atom. The molecule has 1 aliphatic heterocycles. The maximum absolute atomic E-state index is 12.0. The largest absolute Gasteiger partial charge is 0.393 e. The van der Waals surface area contributed by atoms with Crippen molar-refractivity contribution in [3.63, 3.8) is 0 Å². The Kier molecular flexibility index (Phi) is 3.62. The molecule has 5 nitrogen and oxygen atoms in total. The number of aliphatic hydroxyl groups is 1. The van der Waals surface area contributed by atoms with E-state index in [0.29, 0.717) is 17.8 Å². The van der Waals surface area contributed by atoms with Crippen LogP contribution in [0.5, 0.6) is 0 Å². The molecule has 0 fully saturated rings. The van der Waals surface area contributed by atoms with Crippen LogP contribution in [0.2, 0.25) is 0 Å². The maximum atomic E-state index is 12.0. The third kappa shape index (κ3) is 2.68. The zero-order chi connectivity index (χ0) is 13.1. The first-order valence-electron chi connectivity index (χ1n) is 5.95. The van der Waals surface area contributed by atoms with Crippen molar-refractivity contribution in [1.82, 2.24) is 0 Å². The van der Waals surface area contributed by atoms with Crippen LogP contribution in [0.4, 0.5) is 11.4 Å². The molecule has 0 saturated heterocycles. The molecular formula is C13H16N2O3. The fraction of sp³-hybridized carbons (Fsp3) is 0.385. The van der Waals surface area contributed by atoms with Crippen molar-refractivity contribution in [3.8, 4) is 0 Å². The first-order valence-corrected chi connectivity index (χ1v) is 5.95. The van der Waals surface area contributed by atoms with Crippen molar-refractivity contribution in [2.45, 2.75) is 25.9 Å². The summed E-state index contributed by atoms with van der Waals surface area (Å²) < 4.78 is 0. The molecule has 2 amide bonds. The van der Waals surface area contributed by atoms with Crippen molar-refractivity contribution < 1.29 is 14.7 Å². The number of fused-ring (bicyclic) bond motifs is 1. The van der Waals surface area contributed by atoms with Gasteiger partial charge in [-0.05, 0) is 25.5 Å². The molecule has 1 heterocycles. The van der Waals surface area contributed by atoms with Gasteiger partial charge in [-0.25, -0.2) is 0 Å². The molecule has 0 spiro atoms. The number of hydrogen-bond donors (Lipinski definition) is 2. The van der Waals surface area contributed by atoms with Crippen LogP contribution in [-0.2, 0) is 9.59 Å². The number of carbonyl (C=O) groups excluding carboxylic acids is 2. The molecule has 0 bridgehead atoms. The number of benzene rings is 1. The summed E-state index contributed by atoms with van der Waals surface area (Å²) in [6, 6.07) is 7.20. The number of rotatable bonds is 3. The van der Waals surface area contributed by atoms with Crippen LogP contribution in [0, 0.1) is 0 Å². The molecule has 1 aromatic rings. The number of aliphatic hydroxyl groups excluding tert-OH is 1. The lowest BCUT2D eigenvalue weighted by molar-refractivity contribution is -0.122. The molecule has 5 heteroatoms. The van der Waals surface area contributed by atoms with Crippen molar-refractivity contribution in [2.24, 2.45) is 0 Å². The minimum absolute atomic E-state index is 0.0374. The number of hydrogen-bond acceptors (Lipinski definition) is 3. The summed E-state index contributed by atoms with van der Waals surface area (Å²) >= 11 is 0. The molecule has 1 unspecified atom stereocenters. The van der Waals surface area contributed by atoms with Crippen LogP contribution in [0.1, 0.15) is 19.8 Å². The van der Waals surface area contributed by atoms with Gasteiger partial charge >= 0.3 is 0 Å². The highest BCUT2D eigenvalue weighted by atomic mass is 16.3. The number of nitrogens with one attached hydrogen (secondary N) is 1. The van der Waals surface area contributed by atoms with Crippen LogP contribution in [0.25, 0.3) is 0 Å². The van der Waals surface area contributed by atoms with Crippen LogP contribution in [0.3, 0.4) is 0 Å². The highest BCUT2D eigenvalue weighted by Crippen LogP contribution is 2.29. The normalized spacial score (nSPS) is 15.9. The van der Waals surface area contributed by atoms with Crippen molar-refractivity contribution >= 4 is 23.2 Å². The van der Waals surface area contributed by atoms with E-state index in [-0.39, 0.29) is 24.8 Å². The Bertz CT molecular complexity index is 471. The first kappa shape index (κ1) is 12.6. The summed E-state index contributed by atoms with van der Waals surface area (Å²) in [5.74, 6) is -0.336. The second-order valence-electron chi connectivity index (χ2n) is 4.43. The maximum Gasteiger partial charge on any atom is 0.244 e. The molecule has 96 valence electrons. The predicted octanol–water partition coefficient (Wildman–Crippen LogP) is 1.13. The summed E-state index contributed by atoms with van der Waals surface area (Å²) in [5.41, 5.74) is 1.37. The van der Waals surface area contributed by atoms with E-state index in [1.807, 2.05) is 12.1 Å². The smallest absolute Gasteiger partial charge is 0.244 e. The lowest BCUT2D eigenvalue weighted by Gasteiger charge is -2.29. The van der Waals surface area contributed by atoms with Crippen molar-refractivity contribution in [3.05, 3.63) is 24.3 Å². The predicted molar refractivity (Wildman–Crippen MR) is 68.3 cm³/mol. The molecule has 2 N–H and O–H groups in total. The molecule has 2 rings (SSSR count). The highest BCUT2D eigenvalue weighted by molar-refractivity contribution is 6.09. The van der Waals surface area contributed by atoms with Crippen molar-refractivity contribution in [2.75, 3.05) is 16.8 Å². The molecule has 1 atom stereocenters. The van der Waals surface area contributed by atoms with E-state index in [9.17, 15) is 14.7 Å². The van der Waals surface area contributed by atoms with Gasteiger partial charge < -0.3 is 15.3 Å². The number of carbonyl (C=O) groups is 2. The van der Waals surface area contributed by atoms with Gasteiger partial charge in [0.1, 0.15) is 6.54 Å². The van der Waals surface area contributed by atoms with Gasteiger partial charge in [-0.15, -0.1) is 0 Å². The van der Waals surface area contributed by atoms with Crippen LogP contribution in [0.15, 0.2) is 24.3 Å². The van der Waals surface area contributed by atoms with Gasteiger partial charge in [-0.1, -0.05) is 12.1 Å². The van der Waals surface area contributed by atoms with Gasteiger partial charge in [0.2, 0.25) is 11.8 Å². The van der Waals surface area contributed by atoms with E-state index in [0.717, 1.165) is 0 Å². The SMILES string of the molecule is CC(O)CCC(=O)N1CC(=O)Nc2ccccc21. The molecule has 0 radical (unpaired) electrons. The van der Waals surface area contributed by atoms with Crippen molar-refractivity contribution in [1.29, 1.82) is 0 Å². The van der Waals surface area contributed by atoms with Gasteiger partial charge in [0.15, 0.2) is 0 Å². The standard InChI is InChI=1S/C13H16N2O3/c1-9(16)6-7-13(18)15-8-12(17)14-10-4-2-3-5-11(10)15/h2-5,9,16H,6-8H2,1H3,(H,14,17). The fourth-order valence-electron chi connectivity index (χ4n) is 1.92. The second-order valence-corrected chi connectivity index (χ2v) is 4.43. The number of anilines is 2. The quantitative estimate of drug-likeness (QED) is 0.842. The zero-order valence-corrected chi connectivity index (χ0v) is 10.2. The van der Waals surface area contributed by atoms with Gasteiger partial charge in [0.25, 0.3) is 0 Å². The summed E-state index contributed by atoms with van der Waals surface area (Å²) in [6.45, 7) is 1.68. The van der Waals surface area contributed by atoms with Crippen LogP contribution >= 0.6 is 0 Å². The topological polar surface area (TPSA) is 69.6 Å². The zero-order valence-electron chi connectivity index (χ0n) is 10.2. The van der Waals surface area contributed by atoms with Gasteiger partial charge in [-0.3, -0.25) is 9.59 Å². The Morgan fingerprint density at radius 2 is 2.22 bits per heavy atom. The van der Waals surface area contributed by atoms with Gasteiger partial charge in [-0.2, -0.15) is 0 Å². The van der Waals surface area contributed by atoms with E-state index < -0.39 is 6.10 Å². The average molecular weight is 248 g/mol. The Labute approximate surface area is 105 Å². The molecule has 0 aliphatic carbocycles. The molecule has 18 heavy (non-hydrogen) atoms. The van der Waals surface area contributed by atoms with Crippen LogP contribution in [-0.4, -0.2) is 29.6 Å². The second kappa shape index (κ2) is 5.18. The highest BCUT2D eigenvalue weighted by Gasteiger charge is 2.26. The molecule has 0 saturated carbocycles. The third-order valence-corrected chi connectivity index (χ3v) is 2.85. The van der Waals surface area contributed by atoms with E-state index in [1.54, 1.807) is 19.1 Å². The van der Waals surface area contributed by atoms with E-state index in [1.165, 1.54) is 4.90 Å². The van der Waals surface area contributed by atoms with Crippen LogP contribution < -0.4 is 10.2 Å². The van der Waals surface area contributed by atoms with E-state index in [2.05, 4.69) is 5.32 Å². The summed E-state index contributed by atoms with van der Waals surface area (Å²) in [5, 5.41) is 11.9. The Balaban J connectivity index is 2.18. The Hall–Kier alpha value is -1.88. The fourth-order valence-corrected chi connectivity index (χ4v) is 1.92. The monoisotopic (exact) mass is 248 g/mol. The number of nitrogens with zero attached hydrogens (tertiary/aromatic N) is 1. The average Bonchev–Trinajstić information content (AvgIpc) is 2.34. The van der Waals surface area contributed by atoms with Gasteiger partial charge in [0.05, 0.1) is 17.5 Å². The molecule has 0 aromatic heterocycles. The Morgan fingerprint density at radius 3 is 2.94 bits per heavy atom. The summed E-state index contributed by atoms with van der Waals surface area (Å²) in [6.07, 6.45) is 0.126. The lowest BCUT2D eigenvalue weighted by atomic mass is 10.1. The van der Waals surface area contributed by atoms with E-state index in [4.69, 9.17) is 0 Å². The summed E-state index contributed by atoms with van der Waals surface area (Å²) in [7, 11) is 0. The summed E-state index contributed by atoms with van der Waals surface area (Å²) in [4.78, 5) is 25.0. The minimum Gasteiger partial charge on any atom is -0.393 e.